The van der Waals surface area contributed by atoms with Gasteiger partial charge in [-0.25, -0.2) is 0 Å². The third kappa shape index (κ3) is 1.19. The maximum absolute atomic E-state index is 11.1. The van der Waals surface area contributed by atoms with Crippen LogP contribution in [0.4, 0.5) is 0 Å². The number of carbonyl (C=O) groups excluding carboxylic acids is 1. The molecule has 0 aromatic carbocycles. The van der Waals surface area contributed by atoms with E-state index in [1.54, 1.807) is 0 Å². The number of ether oxygens (including phenoxy) is 1. The van der Waals surface area contributed by atoms with Crippen LogP contribution in [-0.4, -0.2) is 12.1 Å². The van der Waals surface area contributed by atoms with Gasteiger partial charge in [-0.1, -0.05) is 20.8 Å². The van der Waals surface area contributed by atoms with E-state index in [2.05, 4.69) is 20.8 Å². The van der Waals surface area contributed by atoms with Gasteiger partial charge in [0.05, 0.1) is 0 Å². The Bertz CT molecular complexity index is 265. The maximum atomic E-state index is 11.1. The van der Waals surface area contributed by atoms with Crippen LogP contribution in [-0.2, 0) is 9.53 Å². The molecule has 2 saturated carbocycles. The van der Waals surface area contributed by atoms with Crippen molar-refractivity contribution in [1.82, 2.24) is 0 Å². The number of hydrogen-bond donors (Lipinski definition) is 0. The Kier molecular flexibility index (Phi) is 1.96. The Morgan fingerprint density at radius 3 is 2.43 bits per heavy atom. The molecule has 2 aliphatic carbocycles. The van der Waals surface area contributed by atoms with Crippen LogP contribution in [0.25, 0.3) is 0 Å². The molecule has 2 nitrogen and oxygen atoms in total. The normalized spacial score (nSPS) is 44.0. The summed E-state index contributed by atoms with van der Waals surface area (Å²) in [5.74, 6) is 0.619. The molecule has 2 aliphatic rings. The summed E-state index contributed by atoms with van der Waals surface area (Å²) in [5.41, 5.74) is 0.429. The van der Waals surface area contributed by atoms with E-state index in [1.807, 2.05) is 0 Å². The fourth-order valence-corrected chi connectivity index (χ4v) is 3.72. The van der Waals surface area contributed by atoms with Crippen LogP contribution in [0, 0.1) is 16.7 Å². The molecule has 2 bridgehead atoms. The Labute approximate surface area is 86.0 Å². The van der Waals surface area contributed by atoms with Gasteiger partial charge in [0.25, 0.3) is 0 Å². The van der Waals surface area contributed by atoms with Gasteiger partial charge in [0.15, 0.2) is 0 Å². The Morgan fingerprint density at radius 1 is 1.36 bits per heavy atom. The number of rotatable bonds is 1. The van der Waals surface area contributed by atoms with Crippen molar-refractivity contribution in [3.63, 3.8) is 0 Å². The standard InChI is InChI=1S/C12H20O2/c1-8(13)14-10-11(2,3)9-5-6-12(10,4)7-9/h9-10H,5-7H2,1-4H3/t9?,10-,12?/m0/s1. The quantitative estimate of drug-likeness (QED) is 0.603. The minimum atomic E-state index is -0.128. The molecular formula is C12H20O2. The molecule has 2 fully saturated rings. The molecule has 0 spiro atoms. The zero-order valence-corrected chi connectivity index (χ0v) is 9.59. The van der Waals surface area contributed by atoms with E-state index in [4.69, 9.17) is 4.74 Å². The average Bonchev–Trinajstić information content (AvgIpc) is 2.49. The number of carbonyl (C=O) groups is 1. The van der Waals surface area contributed by atoms with Gasteiger partial charge in [-0.2, -0.15) is 0 Å². The molecule has 80 valence electrons. The third-order valence-electron chi connectivity index (χ3n) is 4.42. The zero-order valence-electron chi connectivity index (χ0n) is 9.59. The van der Waals surface area contributed by atoms with Crippen molar-refractivity contribution in [2.24, 2.45) is 16.7 Å². The van der Waals surface area contributed by atoms with Crippen LogP contribution in [0.3, 0.4) is 0 Å². The van der Waals surface area contributed by atoms with Crippen molar-refractivity contribution in [3.05, 3.63) is 0 Å². The van der Waals surface area contributed by atoms with Gasteiger partial charge >= 0.3 is 5.97 Å². The summed E-state index contributed by atoms with van der Waals surface area (Å²) in [6.07, 6.45) is 3.89. The summed E-state index contributed by atoms with van der Waals surface area (Å²) in [4.78, 5) is 11.1. The second kappa shape index (κ2) is 2.74. The van der Waals surface area contributed by atoms with Crippen LogP contribution in [0.2, 0.25) is 0 Å². The lowest BCUT2D eigenvalue weighted by Crippen LogP contribution is -2.43. The highest BCUT2D eigenvalue weighted by atomic mass is 16.5. The molecule has 3 atom stereocenters. The highest BCUT2D eigenvalue weighted by molar-refractivity contribution is 5.66. The first-order valence-electron chi connectivity index (χ1n) is 5.53. The maximum Gasteiger partial charge on any atom is 0.302 e. The smallest absolute Gasteiger partial charge is 0.302 e. The van der Waals surface area contributed by atoms with Crippen molar-refractivity contribution < 1.29 is 9.53 Å². The topological polar surface area (TPSA) is 26.3 Å². The SMILES string of the molecule is CC(=O)O[C@@H]1C2(C)CCC(C2)C1(C)C. The van der Waals surface area contributed by atoms with Gasteiger partial charge in [0.1, 0.15) is 6.10 Å². The largest absolute Gasteiger partial charge is 0.461 e. The molecule has 2 unspecified atom stereocenters. The molecule has 14 heavy (non-hydrogen) atoms. The van der Waals surface area contributed by atoms with Crippen LogP contribution in [0.5, 0.6) is 0 Å². The minimum Gasteiger partial charge on any atom is -0.461 e. The fraction of sp³-hybridized carbons (Fsp3) is 0.917. The van der Waals surface area contributed by atoms with Gasteiger partial charge in [0.2, 0.25) is 0 Å². The predicted molar refractivity (Wildman–Crippen MR) is 54.8 cm³/mol. The Hall–Kier alpha value is -0.530. The molecule has 0 aromatic rings. The minimum absolute atomic E-state index is 0.128. The molecule has 0 N–H and O–H groups in total. The number of fused-ring (bicyclic) bond motifs is 2. The lowest BCUT2D eigenvalue weighted by Gasteiger charge is -2.41. The van der Waals surface area contributed by atoms with Gasteiger partial charge in [-0.15, -0.1) is 0 Å². The van der Waals surface area contributed by atoms with Gasteiger partial charge in [-0.05, 0) is 25.2 Å². The molecular weight excluding hydrogens is 176 g/mol. The lowest BCUT2D eigenvalue weighted by atomic mass is 9.70. The van der Waals surface area contributed by atoms with Crippen molar-refractivity contribution in [2.45, 2.75) is 53.1 Å². The summed E-state index contributed by atoms with van der Waals surface area (Å²) >= 11 is 0. The van der Waals surface area contributed by atoms with Crippen LogP contribution in [0.1, 0.15) is 47.0 Å². The molecule has 0 aliphatic heterocycles. The lowest BCUT2D eigenvalue weighted by molar-refractivity contribution is -0.161. The van der Waals surface area contributed by atoms with Crippen molar-refractivity contribution in [1.29, 1.82) is 0 Å². The first-order chi connectivity index (χ1) is 6.36. The fourth-order valence-electron chi connectivity index (χ4n) is 3.72. The van der Waals surface area contributed by atoms with E-state index >= 15 is 0 Å². The van der Waals surface area contributed by atoms with E-state index in [0.29, 0.717) is 0 Å². The molecule has 0 heterocycles. The van der Waals surface area contributed by atoms with Crippen molar-refractivity contribution in [2.75, 3.05) is 0 Å². The Balaban J connectivity index is 2.25. The zero-order chi connectivity index (χ0) is 10.6. The van der Waals surface area contributed by atoms with Crippen LogP contribution >= 0.6 is 0 Å². The summed E-state index contributed by atoms with van der Waals surface area (Å²) in [6.45, 7) is 8.28. The highest BCUT2D eigenvalue weighted by Crippen LogP contribution is 2.63. The van der Waals surface area contributed by atoms with Gasteiger partial charge < -0.3 is 4.74 Å². The Morgan fingerprint density at radius 2 is 2.00 bits per heavy atom. The number of esters is 1. The molecule has 2 rings (SSSR count). The van der Waals surface area contributed by atoms with E-state index in [9.17, 15) is 4.79 Å². The van der Waals surface area contributed by atoms with E-state index < -0.39 is 0 Å². The average molecular weight is 196 g/mol. The van der Waals surface area contributed by atoms with Crippen molar-refractivity contribution >= 4 is 5.97 Å². The van der Waals surface area contributed by atoms with Gasteiger partial charge in [-0.3, -0.25) is 4.79 Å². The molecule has 0 saturated heterocycles. The van der Waals surface area contributed by atoms with Crippen molar-refractivity contribution in [3.8, 4) is 0 Å². The summed E-state index contributed by atoms with van der Waals surface area (Å²) in [5, 5.41) is 0. The molecule has 0 aromatic heterocycles. The monoisotopic (exact) mass is 196 g/mol. The first kappa shape index (κ1) is 10.0. The molecule has 0 radical (unpaired) electrons. The third-order valence-corrected chi connectivity index (χ3v) is 4.42. The van der Waals surface area contributed by atoms with Crippen LogP contribution < -0.4 is 0 Å². The summed E-state index contributed by atoms with van der Waals surface area (Å²) in [7, 11) is 0. The van der Waals surface area contributed by atoms with Gasteiger partial charge in [0, 0.05) is 17.8 Å². The second-order valence-electron chi connectivity index (χ2n) is 5.90. The predicted octanol–water partition coefficient (Wildman–Crippen LogP) is 2.76. The molecule has 0 amide bonds. The van der Waals surface area contributed by atoms with E-state index in [-0.39, 0.29) is 22.9 Å². The second-order valence-corrected chi connectivity index (χ2v) is 5.90. The first-order valence-corrected chi connectivity index (χ1v) is 5.53. The molecule has 2 heteroatoms. The number of hydrogen-bond acceptors (Lipinski definition) is 2. The summed E-state index contributed by atoms with van der Waals surface area (Å²) in [6, 6.07) is 0. The van der Waals surface area contributed by atoms with Crippen LogP contribution in [0.15, 0.2) is 0 Å². The highest BCUT2D eigenvalue weighted by Gasteiger charge is 2.61. The summed E-state index contributed by atoms with van der Waals surface area (Å²) < 4.78 is 5.52. The van der Waals surface area contributed by atoms with E-state index in [1.165, 1.54) is 26.2 Å². The van der Waals surface area contributed by atoms with E-state index in [0.717, 1.165) is 5.92 Å².